The third kappa shape index (κ3) is 3.35. The first kappa shape index (κ1) is 19.4. The van der Waals surface area contributed by atoms with Crippen molar-refractivity contribution in [1.29, 1.82) is 0 Å². The maximum Gasteiger partial charge on any atom is 0.162 e. The molecule has 1 atom stereocenters. The molecule has 5 heteroatoms. The average molecular weight is 393 g/mol. The number of hydrogen-bond donors (Lipinski definition) is 1. The SMILES string of the molecule is COc1ccc([C@H]2C3=C(CC(C)(C)CC3=O)Nc3cc(OC)cc(OC)c32)cc1. The van der Waals surface area contributed by atoms with Crippen LogP contribution in [-0.2, 0) is 4.79 Å². The third-order valence-corrected chi connectivity index (χ3v) is 5.80. The minimum atomic E-state index is -0.198. The smallest absolute Gasteiger partial charge is 0.162 e. The molecule has 0 fully saturated rings. The van der Waals surface area contributed by atoms with Gasteiger partial charge in [-0.25, -0.2) is 0 Å². The van der Waals surface area contributed by atoms with Gasteiger partial charge in [0.1, 0.15) is 17.2 Å². The Morgan fingerprint density at radius 2 is 1.62 bits per heavy atom. The number of carbonyl (C=O) groups excluding carboxylic acids is 1. The lowest BCUT2D eigenvalue weighted by molar-refractivity contribution is -0.118. The zero-order valence-electron chi connectivity index (χ0n) is 17.6. The van der Waals surface area contributed by atoms with Crippen LogP contribution in [0.1, 0.15) is 43.7 Å². The van der Waals surface area contributed by atoms with E-state index >= 15 is 0 Å². The highest BCUT2D eigenvalue weighted by Crippen LogP contribution is 2.52. The van der Waals surface area contributed by atoms with Crippen molar-refractivity contribution in [3.8, 4) is 17.2 Å². The topological polar surface area (TPSA) is 56.8 Å². The van der Waals surface area contributed by atoms with Crippen LogP contribution in [0.3, 0.4) is 0 Å². The minimum Gasteiger partial charge on any atom is -0.497 e. The van der Waals surface area contributed by atoms with Gasteiger partial charge in [0.05, 0.1) is 21.3 Å². The van der Waals surface area contributed by atoms with Gasteiger partial charge >= 0.3 is 0 Å². The molecular formula is C24H27NO4. The summed E-state index contributed by atoms with van der Waals surface area (Å²) in [5.74, 6) is 2.20. The highest BCUT2D eigenvalue weighted by Gasteiger charge is 2.42. The highest BCUT2D eigenvalue weighted by atomic mass is 16.5. The van der Waals surface area contributed by atoms with E-state index in [1.165, 1.54) is 0 Å². The largest absolute Gasteiger partial charge is 0.497 e. The summed E-state index contributed by atoms with van der Waals surface area (Å²) in [6.07, 6.45) is 1.35. The van der Waals surface area contributed by atoms with Crippen molar-refractivity contribution in [3.63, 3.8) is 0 Å². The van der Waals surface area contributed by atoms with Gasteiger partial charge in [-0.05, 0) is 29.5 Å². The van der Waals surface area contributed by atoms with E-state index in [1.54, 1.807) is 21.3 Å². The number of hydrogen-bond acceptors (Lipinski definition) is 5. The van der Waals surface area contributed by atoms with Gasteiger partial charge in [0.25, 0.3) is 0 Å². The third-order valence-electron chi connectivity index (χ3n) is 5.80. The van der Waals surface area contributed by atoms with Crippen LogP contribution < -0.4 is 19.5 Å². The Balaban J connectivity index is 1.96. The highest BCUT2D eigenvalue weighted by molar-refractivity contribution is 6.02. The van der Waals surface area contributed by atoms with Gasteiger partial charge in [-0.2, -0.15) is 0 Å². The Kier molecular flexibility index (Phi) is 4.77. The van der Waals surface area contributed by atoms with Crippen molar-refractivity contribution >= 4 is 11.5 Å². The van der Waals surface area contributed by atoms with Crippen LogP contribution in [0.5, 0.6) is 17.2 Å². The molecule has 2 aliphatic rings. The number of carbonyl (C=O) groups is 1. The second kappa shape index (κ2) is 7.14. The van der Waals surface area contributed by atoms with Crippen LogP contribution >= 0.6 is 0 Å². The first-order valence-electron chi connectivity index (χ1n) is 9.80. The van der Waals surface area contributed by atoms with E-state index in [2.05, 4.69) is 19.2 Å². The Bertz CT molecular complexity index is 989. The number of Topliss-reactive ketones (excluding diaryl/α,β-unsaturated/α-hetero) is 1. The molecule has 0 saturated heterocycles. The number of anilines is 1. The van der Waals surface area contributed by atoms with Gasteiger partial charge in [-0.15, -0.1) is 0 Å². The molecule has 0 spiro atoms. The van der Waals surface area contributed by atoms with E-state index < -0.39 is 0 Å². The summed E-state index contributed by atoms with van der Waals surface area (Å²) in [5.41, 5.74) is 4.68. The fraction of sp³-hybridized carbons (Fsp3) is 0.375. The summed E-state index contributed by atoms with van der Waals surface area (Å²) in [6.45, 7) is 4.28. The van der Waals surface area contributed by atoms with E-state index in [0.717, 1.165) is 40.3 Å². The molecule has 0 aromatic heterocycles. The lowest BCUT2D eigenvalue weighted by Gasteiger charge is -2.40. The molecular weight excluding hydrogens is 366 g/mol. The fourth-order valence-corrected chi connectivity index (χ4v) is 4.51. The van der Waals surface area contributed by atoms with Gasteiger partial charge < -0.3 is 19.5 Å². The number of fused-ring (bicyclic) bond motifs is 1. The van der Waals surface area contributed by atoms with E-state index in [9.17, 15) is 4.79 Å². The summed E-state index contributed by atoms with van der Waals surface area (Å²) in [6, 6.07) is 11.8. The van der Waals surface area contributed by atoms with Crippen LogP contribution in [0.15, 0.2) is 47.7 Å². The van der Waals surface area contributed by atoms with Crippen molar-refractivity contribution in [2.75, 3.05) is 26.6 Å². The molecule has 1 heterocycles. The van der Waals surface area contributed by atoms with E-state index in [-0.39, 0.29) is 17.1 Å². The number of rotatable bonds is 4. The molecule has 4 rings (SSSR count). The molecule has 2 aromatic carbocycles. The van der Waals surface area contributed by atoms with Gasteiger partial charge in [-0.1, -0.05) is 26.0 Å². The van der Waals surface area contributed by atoms with Crippen molar-refractivity contribution < 1.29 is 19.0 Å². The first-order chi connectivity index (χ1) is 13.9. The number of allylic oxidation sites excluding steroid dienone is 2. The summed E-state index contributed by atoms with van der Waals surface area (Å²) in [5, 5.41) is 3.53. The maximum atomic E-state index is 13.3. The molecule has 2 aromatic rings. The number of ketones is 1. The lowest BCUT2D eigenvalue weighted by Crippen LogP contribution is -2.34. The fourth-order valence-electron chi connectivity index (χ4n) is 4.51. The van der Waals surface area contributed by atoms with Crippen LogP contribution in [0, 0.1) is 5.41 Å². The predicted octanol–water partition coefficient (Wildman–Crippen LogP) is 4.91. The Morgan fingerprint density at radius 1 is 0.931 bits per heavy atom. The second-order valence-corrected chi connectivity index (χ2v) is 8.46. The number of benzene rings is 2. The molecule has 0 amide bonds. The second-order valence-electron chi connectivity index (χ2n) is 8.46. The zero-order chi connectivity index (χ0) is 20.8. The number of nitrogens with one attached hydrogen (secondary N) is 1. The van der Waals surface area contributed by atoms with Gasteiger partial charge in [0, 0.05) is 47.0 Å². The maximum absolute atomic E-state index is 13.3. The predicted molar refractivity (Wildman–Crippen MR) is 113 cm³/mol. The monoisotopic (exact) mass is 393 g/mol. The quantitative estimate of drug-likeness (QED) is 0.800. The van der Waals surface area contributed by atoms with E-state index in [4.69, 9.17) is 14.2 Å². The molecule has 5 nitrogen and oxygen atoms in total. The Morgan fingerprint density at radius 3 is 2.24 bits per heavy atom. The first-order valence-corrected chi connectivity index (χ1v) is 9.80. The molecule has 1 aliphatic heterocycles. The number of methoxy groups -OCH3 is 3. The molecule has 152 valence electrons. The average Bonchev–Trinajstić information content (AvgIpc) is 2.70. The molecule has 0 bridgehead atoms. The van der Waals surface area contributed by atoms with Crippen molar-refractivity contribution in [2.45, 2.75) is 32.6 Å². The van der Waals surface area contributed by atoms with E-state index in [0.29, 0.717) is 17.9 Å². The van der Waals surface area contributed by atoms with Crippen molar-refractivity contribution in [3.05, 3.63) is 58.8 Å². The molecule has 0 saturated carbocycles. The van der Waals surface area contributed by atoms with Gasteiger partial charge in [0.2, 0.25) is 0 Å². The zero-order valence-corrected chi connectivity index (χ0v) is 17.6. The summed E-state index contributed by atoms with van der Waals surface area (Å²) < 4.78 is 16.5. The van der Waals surface area contributed by atoms with Crippen LogP contribution in [-0.4, -0.2) is 27.1 Å². The van der Waals surface area contributed by atoms with Crippen LogP contribution in [0.2, 0.25) is 0 Å². The van der Waals surface area contributed by atoms with Gasteiger partial charge in [-0.3, -0.25) is 4.79 Å². The molecule has 1 N–H and O–H groups in total. The van der Waals surface area contributed by atoms with Crippen LogP contribution in [0.25, 0.3) is 0 Å². The van der Waals surface area contributed by atoms with Crippen molar-refractivity contribution in [2.24, 2.45) is 5.41 Å². The summed E-state index contributed by atoms with van der Waals surface area (Å²) in [4.78, 5) is 13.3. The van der Waals surface area contributed by atoms with Crippen molar-refractivity contribution in [1.82, 2.24) is 0 Å². The summed E-state index contributed by atoms with van der Waals surface area (Å²) >= 11 is 0. The van der Waals surface area contributed by atoms with Gasteiger partial charge in [0.15, 0.2) is 5.78 Å². The summed E-state index contributed by atoms with van der Waals surface area (Å²) in [7, 11) is 4.94. The minimum absolute atomic E-state index is 0.0756. The molecule has 1 aliphatic carbocycles. The van der Waals surface area contributed by atoms with Crippen LogP contribution in [0.4, 0.5) is 5.69 Å². The Labute approximate surface area is 171 Å². The Hall–Kier alpha value is -2.95. The molecule has 29 heavy (non-hydrogen) atoms. The van der Waals surface area contributed by atoms with E-state index in [1.807, 2.05) is 36.4 Å². The number of ether oxygens (including phenoxy) is 3. The standard InChI is InChI=1S/C24H27NO4/c1-24(2)12-18-22(19(26)13-24)21(14-6-8-15(27-3)9-7-14)23-17(25-18)10-16(28-4)11-20(23)29-5/h6-11,21,25H,12-13H2,1-5H3/t21-/m0/s1. The molecule has 0 radical (unpaired) electrons. The lowest BCUT2D eigenvalue weighted by atomic mass is 9.68. The molecule has 0 unspecified atom stereocenters. The normalized spacial score (nSPS) is 19.8.